The number of hydrogen-bond donors (Lipinski definition) is 1. The molecular weight excluding hydrogens is 385 g/mol. The fourth-order valence-electron chi connectivity index (χ4n) is 2.66. The zero-order chi connectivity index (χ0) is 20.9. The van der Waals surface area contributed by atoms with Crippen LogP contribution in [0.5, 0.6) is 5.75 Å². The van der Waals surface area contributed by atoms with Gasteiger partial charge in [-0.3, -0.25) is 4.79 Å². The van der Waals surface area contributed by atoms with Crippen LogP contribution in [0.1, 0.15) is 18.5 Å². The van der Waals surface area contributed by atoms with Crippen LogP contribution in [-0.4, -0.2) is 46.4 Å². The highest BCUT2D eigenvalue weighted by Gasteiger charge is 2.29. The summed E-state index contributed by atoms with van der Waals surface area (Å²) >= 11 is 0. The van der Waals surface area contributed by atoms with Gasteiger partial charge in [-0.25, -0.2) is 8.70 Å². The van der Waals surface area contributed by atoms with Gasteiger partial charge < -0.3 is 10.1 Å². The van der Waals surface area contributed by atoms with Crippen molar-refractivity contribution in [3.05, 3.63) is 59.9 Å². The number of nitrogens with one attached hydrogen (secondary N) is 1. The van der Waals surface area contributed by atoms with Gasteiger partial charge in [-0.2, -0.15) is 12.7 Å². The van der Waals surface area contributed by atoms with Gasteiger partial charge in [0.05, 0.1) is 18.8 Å². The van der Waals surface area contributed by atoms with E-state index in [2.05, 4.69) is 5.32 Å². The lowest BCUT2D eigenvalue weighted by molar-refractivity contribution is -0.120. The third-order valence-corrected chi connectivity index (χ3v) is 5.94. The molecule has 7 nitrogen and oxygen atoms in total. The van der Waals surface area contributed by atoms with Crippen molar-refractivity contribution in [1.29, 1.82) is 0 Å². The molecule has 9 heteroatoms. The minimum atomic E-state index is -4.08. The molecule has 1 amide bonds. The van der Waals surface area contributed by atoms with Crippen LogP contribution in [0.4, 0.5) is 10.1 Å². The molecule has 0 heterocycles. The maximum atomic E-state index is 14.2. The van der Waals surface area contributed by atoms with Gasteiger partial charge in [0.15, 0.2) is 0 Å². The number of anilines is 1. The van der Waals surface area contributed by atoms with Crippen molar-refractivity contribution < 1.29 is 22.3 Å². The lowest BCUT2D eigenvalue weighted by atomic mass is 10.1. The first-order valence-corrected chi connectivity index (χ1v) is 9.95. The predicted molar refractivity (Wildman–Crippen MR) is 106 cm³/mol. The summed E-state index contributed by atoms with van der Waals surface area (Å²) in [6, 6.07) is 12.1. The standard InChI is InChI=1S/C19H24FN3O4S/c1-14(15-9-5-8-12-18(15)27-4)21-19(24)13-23(28(25,26)22(2)3)17-11-7-6-10-16(17)20/h5-12,14H,13H2,1-4H3,(H,21,24)/t14-/m0/s1. The van der Waals surface area contributed by atoms with Crippen LogP contribution in [0.2, 0.25) is 0 Å². The predicted octanol–water partition coefficient (Wildman–Crippen LogP) is 2.32. The van der Waals surface area contributed by atoms with Crippen molar-refractivity contribution in [3.63, 3.8) is 0 Å². The first kappa shape index (κ1) is 21.6. The summed E-state index contributed by atoms with van der Waals surface area (Å²) in [4.78, 5) is 12.6. The second-order valence-corrected chi connectivity index (χ2v) is 8.35. The minimum Gasteiger partial charge on any atom is -0.496 e. The van der Waals surface area contributed by atoms with E-state index in [0.29, 0.717) is 5.75 Å². The summed E-state index contributed by atoms with van der Waals surface area (Å²) in [5.41, 5.74) is 0.544. The Balaban J connectivity index is 2.27. The Kier molecular flexibility index (Phi) is 6.98. The van der Waals surface area contributed by atoms with E-state index >= 15 is 0 Å². The van der Waals surface area contributed by atoms with Gasteiger partial charge in [0.2, 0.25) is 5.91 Å². The molecule has 1 N–H and O–H groups in total. The van der Waals surface area contributed by atoms with Crippen molar-refractivity contribution in [2.75, 3.05) is 32.1 Å². The Labute approximate surface area is 164 Å². The number of carbonyl (C=O) groups is 1. The van der Waals surface area contributed by atoms with Crippen LogP contribution in [-0.2, 0) is 15.0 Å². The Hall–Kier alpha value is -2.65. The van der Waals surface area contributed by atoms with Crippen molar-refractivity contribution in [1.82, 2.24) is 9.62 Å². The Morgan fingerprint density at radius 1 is 1.14 bits per heavy atom. The largest absolute Gasteiger partial charge is 0.496 e. The highest BCUT2D eigenvalue weighted by molar-refractivity contribution is 7.90. The van der Waals surface area contributed by atoms with E-state index in [4.69, 9.17) is 4.74 Å². The minimum absolute atomic E-state index is 0.198. The molecule has 0 aliphatic rings. The van der Waals surface area contributed by atoms with E-state index in [-0.39, 0.29) is 5.69 Å². The average molecular weight is 409 g/mol. The van der Waals surface area contributed by atoms with E-state index in [1.54, 1.807) is 25.1 Å². The Bertz CT molecular complexity index is 934. The zero-order valence-corrected chi connectivity index (χ0v) is 17.0. The van der Waals surface area contributed by atoms with E-state index in [0.717, 1.165) is 20.2 Å². The van der Waals surface area contributed by atoms with E-state index < -0.39 is 34.5 Å². The molecule has 0 saturated heterocycles. The summed E-state index contributed by atoms with van der Waals surface area (Å²) in [6.07, 6.45) is 0. The number of rotatable bonds is 8. The Morgan fingerprint density at radius 2 is 1.75 bits per heavy atom. The number of ether oxygens (including phenoxy) is 1. The topological polar surface area (TPSA) is 79.0 Å². The number of benzene rings is 2. The van der Waals surface area contributed by atoms with Crippen LogP contribution in [0.15, 0.2) is 48.5 Å². The molecule has 152 valence electrons. The molecule has 0 aliphatic carbocycles. The monoisotopic (exact) mass is 409 g/mol. The fourth-order valence-corrected chi connectivity index (χ4v) is 3.73. The van der Waals surface area contributed by atoms with Crippen LogP contribution >= 0.6 is 0 Å². The zero-order valence-electron chi connectivity index (χ0n) is 16.2. The van der Waals surface area contributed by atoms with E-state index in [1.165, 1.54) is 39.4 Å². The maximum absolute atomic E-state index is 14.2. The molecule has 1 atom stereocenters. The fraction of sp³-hybridized carbons (Fsp3) is 0.316. The molecule has 0 bridgehead atoms. The molecule has 28 heavy (non-hydrogen) atoms. The smallest absolute Gasteiger partial charge is 0.304 e. The molecule has 0 fully saturated rings. The van der Waals surface area contributed by atoms with Gasteiger partial charge in [0.25, 0.3) is 0 Å². The van der Waals surface area contributed by atoms with Gasteiger partial charge in [-0.05, 0) is 25.1 Å². The first-order chi connectivity index (χ1) is 13.2. The van der Waals surface area contributed by atoms with E-state index in [9.17, 15) is 17.6 Å². The molecule has 2 aromatic rings. The molecule has 2 rings (SSSR count). The normalized spacial score (nSPS) is 12.5. The number of para-hydroxylation sites is 2. The SMILES string of the molecule is COc1ccccc1[C@H](C)NC(=O)CN(c1ccccc1F)S(=O)(=O)N(C)C. The highest BCUT2D eigenvalue weighted by Crippen LogP contribution is 2.25. The van der Waals surface area contributed by atoms with Gasteiger partial charge in [-0.1, -0.05) is 30.3 Å². The summed E-state index contributed by atoms with van der Waals surface area (Å²) in [5, 5.41) is 2.74. The van der Waals surface area contributed by atoms with Crippen LogP contribution in [0.25, 0.3) is 0 Å². The van der Waals surface area contributed by atoms with Crippen LogP contribution in [0, 0.1) is 5.82 Å². The molecule has 0 aliphatic heterocycles. The number of halogens is 1. The van der Waals surface area contributed by atoms with Crippen molar-refractivity contribution in [2.45, 2.75) is 13.0 Å². The lowest BCUT2D eigenvalue weighted by Gasteiger charge is -2.28. The molecule has 0 radical (unpaired) electrons. The molecular formula is C19H24FN3O4S. The number of methoxy groups -OCH3 is 1. The third kappa shape index (κ3) is 4.79. The third-order valence-electron chi connectivity index (χ3n) is 4.13. The second-order valence-electron chi connectivity index (χ2n) is 6.28. The summed E-state index contributed by atoms with van der Waals surface area (Å²) in [5.74, 6) is -0.715. The summed E-state index contributed by atoms with van der Waals surface area (Å²) in [6.45, 7) is 1.19. The number of nitrogens with zero attached hydrogens (tertiary/aromatic N) is 2. The van der Waals surface area contributed by atoms with Crippen molar-refractivity contribution in [2.24, 2.45) is 0 Å². The summed E-state index contributed by atoms with van der Waals surface area (Å²) < 4.78 is 46.5. The molecule has 0 unspecified atom stereocenters. The van der Waals surface area contributed by atoms with Crippen molar-refractivity contribution >= 4 is 21.8 Å². The summed E-state index contributed by atoms with van der Waals surface area (Å²) in [7, 11) is 0.0790. The lowest BCUT2D eigenvalue weighted by Crippen LogP contribution is -2.46. The highest BCUT2D eigenvalue weighted by atomic mass is 32.2. The Morgan fingerprint density at radius 3 is 2.36 bits per heavy atom. The van der Waals surface area contributed by atoms with Crippen LogP contribution in [0.3, 0.4) is 0 Å². The van der Waals surface area contributed by atoms with Crippen LogP contribution < -0.4 is 14.4 Å². The van der Waals surface area contributed by atoms with Crippen molar-refractivity contribution in [3.8, 4) is 5.75 Å². The average Bonchev–Trinajstić information content (AvgIpc) is 2.66. The number of amides is 1. The molecule has 0 aromatic heterocycles. The number of carbonyl (C=O) groups excluding carboxylic acids is 1. The molecule has 2 aromatic carbocycles. The molecule has 0 spiro atoms. The van der Waals surface area contributed by atoms with Gasteiger partial charge >= 0.3 is 10.2 Å². The molecule has 0 saturated carbocycles. The number of hydrogen-bond acceptors (Lipinski definition) is 4. The second kappa shape index (κ2) is 9.03. The van der Waals surface area contributed by atoms with Gasteiger partial charge in [0.1, 0.15) is 18.1 Å². The van der Waals surface area contributed by atoms with Gasteiger partial charge in [-0.15, -0.1) is 0 Å². The first-order valence-electron chi connectivity index (χ1n) is 8.55. The quantitative estimate of drug-likeness (QED) is 0.726. The van der Waals surface area contributed by atoms with E-state index in [1.807, 2.05) is 6.07 Å². The van der Waals surface area contributed by atoms with Gasteiger partial charge in [0, 0.05) is 19.7 Å². The maximum Gasteiger partial charge on any atom is 0.304 e.